The molecule has 1 aliphatic carbocycles. The Morgan fingerprint density at radius 1 is 0.867 bits per heavy atom. The highest BCUT2D eigenvalue weighted by atomic mass is 16.4. The molecular weight excluding hydrogens is 382 g/mol. The highest BCUT2D eigenvalue weighted by Gasteiger charge is 2.51. The molecular formula is C24H25NO5. The molecule has 0 radical (unpaired) electrons. The molecule has 1 saturated carbocycles. The Balaban J connectivity index is 1.98. The molecule has 6 nitrogen and oxygen atoms in total. The molecule has 2 N–H and O–H groups in total. The van der Waals surface area contributed by atoms with Gasteiger partial charge in [-0.25, -0.2) is 4.79 Å². The quantitative estimate of drug-likeness (QED) is 0.517. The summed E-state index contributed by atoms with van der Waals surface area (Å²) in [6.45, 7) is 0. The summed E-state index contributed by atoms with van der Waals surface area (Å²) in [5, 5.41) is 12.5. The number of carboxylic acid groups (broad SMARTS) is 1. The highest BCUT2D eigenvalue weighted by molar-refractivity contribution is 6.45. The summed E-state index contributed by atoms with van der Waals surface area (Å²) < 4.78 is 0. The van der Waals surface area contributed by atoms with Crippen molar-refractivity contribution in [3.8, 4) is 0 Å². The maximum absolute atomic E-state index is 13.3. The van der Waals surface area contributed by atoms with E-state index in [1.807, 2.05) is 0 Å². The van der Waals surface area contributed by atoms with Gasteiger partial charge in [-0.2, -0.15) is 0 Å². The molecule has 156 valence electrons. The molecule has 0 spiro atoms. The van der Waals surface area contributed by atoms with Crippen molar-refractivity contribution in [3.63, 3.8) is 0 Å². The van der Waals surface area contributed by atoms with Gasteiger partial charge in [0.25, 0.3) is 5.91 Å². The largest absolute Gasteiger partial charge is 0.479 e. The topological polar surface area (TPSA) is 101 Å². The number of benzene rings is 2. The minimum Gasteiger partial charge on any atom is -0.479 e. The molecule has 0 bridgehead atoms. The number of nitrogens with one attached hydrogen (secondary N) is 1. The standard InChI is InChI=1S/C24H25NO5/c26-20(18-12-6-2-7-13-18)21(27)24(23(29)30,16-17-10-4-1-5-11-17)25-22(28)19-14-8-3-9-15-19/h1,3-5,8-11,14-15,18H,2,6-7,12-13,16H2,(H,25,28)(H,29,30). The van der Waals surface area contributed by atoms with Gasteiger partial charge >= 0.3 is 5.97 Å². The maximum Gasteiger partial charge on any atom is 0.338 e. The molecule has 0 saturated heterocycles. The van der Waals surface area contributed by atoms with Crippen molar-refractivity contribution in [2.75, 3.05) is 0 Å². The van der Waals surface area contributed by atoms with Gasteiger partial charge in [-0.1, -0.05) is 67.8 Å². The number of aliphatic carboxylic acids is 1. The lowest BCUT2D eigenvalue weighted by molar-refractivity contribution is -0.154. The van der Waals surface area contributed by atoms with Crippen LogP contribution in [0.15, 0.2) is 60.7 Å². The van der Waals surface area contributed by atoms with E-state index >= 15 is 0 Å². The zero-order chi connectivity index (χ0) is 21.6. The Bertz CT molecular complexity index is 919. The van der Waals surface area contributed by atoms with Gasteiger partial charge in [0.05, 0.1) is 0 Å². The van der Waals surface area contributed by atoms with E-state index in [0.29, 0.717) is 18.4 Å². The van der Waals surface area contributed by atoms with E-state index in [0.717, 1.165) is 19.3 Å². The van der Waals surface area contributed by atoms with Crippen LogP contribution in [0.5, 0.6) is 0 Å². The first kappa shape index (κ1) is 21.4. The summed E-state index contributed by atoms with van der Waals surface area (Å²) in [7, 11) is 0. The Hall–Kier alpha value is -3.28. The number of hydrogen-bond donors (Lipinski definition) is 2. The molecule has 3 rings (SSSR count). The third-order valence-electron chi connectivity index (χ3n) is 5.63. The van der Waals surface area contributed by atoms with E-state index in [1.54, 1.807) is 48.5 Å². The van der Waals surface area contributed by atoms with Crippen LogP contribution in [-0.4, -0.2) is 34.1 Å². The van der Waals surface area contributed by atoms with E-state index in [-0.39, 0.29) is 12.0 Å². The number of carbonyl (C=O) groups excluding carboxylic acids is 3. The van der Waals surface area contributed by atoms with Crippen molar-refractivity contribution in [1.29, 1.82) is 0 Å². The van der Waals surface area contributed by atoms with Gasteiger partial charge in [0.1, 0.15) is 0 Å². The zero-order valence-corrected chi connectivity index (χ0v) is 16.7. The molecule has 1 atom stereocenters. The lowest BCUT2D eigenvalue weighted by atomic mass is 9.77. The summed E-state index contributed by atoms with van der Waals surface area (Å²) in [6.07, 6.45) is 3.49. The first-order valence-electron chi connectivity index (χ1n) is 10.2. The van der Waals surface area contributed by atoms with E-state index < -0.39 is 34.9 Å². The molecule has 0 aromatic heterocycles. The van der Waals surface area contributed by atoms with Crippen LogP contribution in [0.2, 0.25) is 0 Å². The summed E-state index contributed by atoms with van der Waals surface area (Å²) in [6, 6.07) is 16.6. The van der Waals surface area contributed by atoms with E-state index in [9.17, 15) is 24.3 Å². The van der Waals surface area contributed by atoms with E-state index in [4.69, 9.17) is 0 Å². The fraction of sp³-hybridized carbons (Fsp3) is 0.333. The summed E-state index contributed by atoms with van der Waals surface area (Å²) in [5.41, 5.74) is -1.60. The molecule has 0 aliphatic heterocycles. The number of ketones is 2. The Kier molecular flexibility index (Phi) is 6.77. The third kappa shape index (κ3) is 4.64. The van der Waals surface area contributed by atoms with Gasteiger partial charge in [0.15, 0.2) is 0 Å². The average Bonchev–Trinajstić information content (AvgIpc) is 2.79. The number of rotatable bonds is 8. The van der Waals surface area contributed by atoms with Gasteiger partial charge < -0.3 is 10.4 Å². The summed E-state index contributed by atoms with van der Waals surface area (Å²) >= 11 is 0. The second kappa shape index (κ2) is 9.48. The van der Waals surface area contributed by atoms with Crippen LogP contribution in [0, 0.1) is 5.92 Å². The smallest absolute Gasteiger partial charge is 0.338 e. The van der Waals surface area contributed by atoms with Crippen LogP contribution >= 0.6 is 0 Å². The van der Waals surface area contributed by atoms with Crippen LogP contribution in [-0.2, 0) is 20.8 Å². The van der Waals surface area contributed by atoms with Gasteiger partial charge in [-0.15, -0.1) is 0 Å². The lowest BCUT2D eigenvalue weighted by Crippen LogP contribution is -2.64. The first-order valence-corrected chi connectivity index (χ1v) is 10.2. The molecule has 6 heteroatoms. The van der Waals surface area contributed by atoms with Crippen molar-refractivity contribution in [3.05, 3.63) is 71.8 Å². The molecule has 2 aromatic carbocycles. The minimum atomic E-state index is -2.36. The molecule has 1 unspecified atom stereocenters. The van der Waals surface area contributed by atoms with Crippen molar-refractivity contribution in [2.24, 2.45) is 5.92 Å². The predicted molar refractivity (Wildman–Crippen MR) is 111 cm³/mol. The molecule has 1 amide bonds. The number of Topliss-reactive ketones (excluding diaryl/α,β-unsaturated/α-hetero) is 2. The molecule has 0 heterocycles. The van der Waals surface area contributed by atoms with Crippen LogP contribution in [0.3, 0.4) is 0 Å². The number of carboxylic acids is 1. The third-order valence-corrected chi connectivity index (χ3v) is 5.63. The maximum atomic E-state index is 13.3. The molecule has 1 fully saturated rings. The van der Waals surface area contributed by atoms with Crippen molar-refractivity contribution >= 4 is 23.4 Å². The number of hydrogen-bond acceptors (Lipinski definition) is 4. The first-order chi connectivity index (χ1) is 14.4. The lowest BCUT2D eigenvalue weighted by Gasteiger charge is -2.31. The minimum absolute atomic E-state index is 0.217. The van der Waals surface area contributed by atoms with Crippen LogP contribution in [0.25, 0.3) is 0 Å². The van der Waals surface area contributed by atoms with Gasteiger partial charge in [-0.3, -0.25) is 14.4 Å². The highest BCUT2D eigenvalue weighted by Crippen LogP contribution is 2.27. The number of amides is 1. The predicted octanol–water partition coefficient (Wildman–Crippen LogP) is 3.20. The van der Waals surface area contributed by atoms with Crippen LogP contribution in [0.1, 0.15) is 48.0 Å². The Labute approximate surface area is 175 Å². The van der Waals surface area contributed by atoms with Crippen molar-refractivity contribution in [2.45, 2.75) is 44.1 Å². The normalized spacial score (nSPS) is 16.3. The van der Waals surface area contributed by atoms with Gasteiger partial charge in [0.2, 0.25) is 17.1 Å². The summed E-state index contributed by atoms with van der Waals surface area (Å²) in [4.78, 5) is 51.6. The molecule has 1 aliphatic rings. The van der Waals surface area contributed by atoms with Crippen molar-refractivity contribution < 1.29 is 24.3 Å². The Morgan fingerprint density at radius 3 is 2.00 bits per heavy atom. The van der Waals surface area contributed by atoms with Gasteiger partial charge in [0, 0.05) is 17.9 Å². The average molecular weight is 407 g/mol. The van der Waals surface area contributed by atoms with E-state index in [2.05, 4.69) is 5.32 Å². The fourth-order valence-electron chi connectivity index (χ4n) is 3.93. The summed E-state index contributed by atoms with van der Waals surface area (Å²) in [5.74, 6) is -4.51. The molecule has 30 heavy (non-hydrogen) atoms. The van der Waals surface area contributed by atoms with E-state index in [1.165, 1.54) is 12.1 Å². The SMILES string of the molecule is O=C(NC(Cc1ccccc1)(C(=O)O)C(=O)C(=O)C1CCCCC1)c1ccccc1. The second-order valence-electron chi connectivity index (χ2n) is 7.72. The molecule has 2 aromatic rings. The van der Waals surface area contributed by atoms with Crippen LogP contribution < -0.4 is 5.32 Å². The Morgan fingerprint density at radius 2 is 1.43 bits per heavy atom. The van der Waals surface area contributed by atoms with Crippen LogP contribution in [0.4, 0.5) is 0 Å². The monoisotopic (exact) mass is 407 g/mol. The fourth-order valence-corrected chi connectivity index (χ4v) is 3.93. The second-order valence-corrected chi connectivity index (χ2v) is 7.72. The number of carbonyl (C=O) groups is 4. The zero-order valence-electron chi connectivity index (χ0n) is 16.7. The van der Waals surface area contributed by atoms with Gasteiger partial charge in [-0.05, 0) is 30.5 Å². The van der Waals surface area contributed by atoms with Crippen molar-refractivity contribution in [1.82, 2.24) is 5.32 Å².